The SMILES string of the molecule is Cc1nnc(SCc2ccc(Br)cc2)n1/N=C/c1ccc(O)cc1O. The van der Waals surface area contributed by atoms with Gasteiger partial charge in [0.2, 0.25) is 5.16 Å². The number of thioether (sulfide) groups is 1. The topological polar surface area (TPSA) is 83.5 Å². The smallest absolute Gasteiger partial charge is 0.212 e. The van der Waals surface area contributed by atoms with Crippen LogP contribution in [0.4, 0.5) is 0 Å². The van der Waals surface area contributed by atoms with Gasteiger partial charge >= 0.3 is 0 Å². The van der Waals surface area contributed by atoms with E-state index < -0.39 is 0 Å². The zero-order valence-electron chi connectivity index (χ0n) is 13.3. The predicted octanol–water partition coefficient (Wildman–Crippen LogP) is 3.93. The van der Waals surface area contributed by atoms with Crippen molar-refractivity contribution in [2.24, 2.45) is 5.10 Å². The average Bonchev–Trinajstić information content (AvgIpc) is 2.94. The molecule has 0 fully saturated rings. The van der Waals surface area contributed by atoms with Crippen LogP contribution in [0.1, 0.15) is 17.0 Å². The van der Waals surface area contributed by atoms with E-state index in [0.29, 0.717) is 16.5 Å². The Morgan fingerprint density at radius 2 is 1.92 bits per heavy atom. The van der Waals surface area contributed by atoms with E-state index in [4.69, 9.17) is 0 Å². The van der Waals surface area contributed by atoms with Crippen molar-refractivity contribution in [3.05, 3.63) is 63.9 Å². The highest BCUT2D eigenvalue weighted by Gasteiger charge is 2.09. The van der Waals surface area contributed by atoms with Crippen molar-refractivity contribution < 1.29 is 10.2 Å². The molecule has 3 rings (SSSR count). The summed E-state index contributed by atoms with van der Waals surface area (Å²) in [5.74, 6) is 1.35. The van der Waals surface area contributed by atoms with Crippen LogP contribution in [0, 0.1) is 6.92 Å². The summed E-state index contributed by atoms with van der Waals surface area (Å²) in [5, 5.41) is 32.4. The maximum atomic E-state index is 9.83. The molecule has 2 aromatic carbocycles. The highest BCUT2D eigenvalue weighted by molar-refractivity contribution is 9.10. The minimum Gasteiger partial charge on any atom is -0.508 e. The first kappa shape index (κ1) is 17.5. The number of aromatic nitrogens is 3. The van der Waals surface area contributed by atoms with Gasteiger partial charge in [0, 0.05) is 21.9 Å². The van der Waals surface area contributed by atoms with Crippen molar-refractivity contribution in [3.8, 4) is 11.5 Å². The Bertz CT molecular complexity index is 910. The third-order valence-corrected chi connectivity index (χ3v) is 4.89. The Balaban J connectivity index is 1.77. The average molecular weight is 419 g/mol. The van der Waals surface area contributed by atoms with Gasteiger partial charge in [-0.2, -0.15) is 9.78 Å². The summed E-state index contributed by atoms with van der Waals surface area (Å²) in [6.07, 6.45) is 1.51. The van der Waals surface area contributed by atoms with Crippen LogP contribution in [0.25, 0.3) is 0 Å². The van der Waals surface area contributed by atoms with Gasteiger partial charge in [-0.15, -0.1) is 10.2 Å². The van der Waals surface area contributed by atoms with E-state index in [9.17, 15) is 10.2 Å². The summed E-state index contributed by atoms with van der Waals surface area (Å²) in [7, 11) is 0. The van der Waals surface area contributed by atoms with Gasteiger partial charge < -0.3 is 10.2 Å². The largest absolute Gasteiger partial charge is 0.508 e. The molecule has 128 valence electrons. The third-order valence-electron chi connectivity index (χ3n) is 3.38. The van der Waals surface area contributed by atoms with Crippen molar-refractivity contribution >= 4 is 33.9 Å². The van der Waals surface area contributed by atoms with Gasteiger partial charge in [0.15, 0.2) is 5.82 Å². The van der Waals surface area contributed by atoms with Gasteiger partial charge in [0.05, 0.1) is 6.21 Å². The summed E-state index contributed by atoms with van der Waals surface area (Å²) in [5.41, 5.74) is 1.66. The molecule has 0 aliphatic carbocycles. The lowest BCUT2D eigenvalue weighted by atomic mass is 10.2. The van der Waals surface area contributed by atoms with Crippen LogP contribution in [0.5, 0.6) is 11.5 Å². The zero-order valence-corrected chi connectivity index (χ0v) is 15.7. The van der Waals surface area contributed by atoms with Crippen LogP contribution < -0.4 is 0 Å². The Labute approximate surface area is 157 Å². The lowest BCUT2D eigenvalue weighted by Crippen LogP contribution is -1.96. The molecule has 0 bridgehead atoms. The Hall–Kier alpha value is -2.32. The zero-order chi connectivity index (χ0) is 17.8. The Kier molecular flexibility index (Phi) is 5.40. The van der Waals surface area contributed by atoms with Gasteiger partial charge in [-0.1, -0.05) is 39.8 Å². The molecule has 0 atom stereocenters. The van der Waals surface area contributed by atoms with E-state index in [2.05, 4.69) is 31.2 Å². The van der Waals surface area contributed by atoms with Crippen molar-refractivity contribution in [2.45, 2.75) is 17.8 Å². The minimum atomic E-state index is -0.0430. The van der Waals surface area contributed by atoms with Crippen LogP contribution >= 0.6 is 27.7 Å². The molecule has 0 amide bonds. The maximum absolute atomic E-state index is 9.83. The molecule has 0 radical (unpaired) electrons. The van der Waals surface area contributed by atoms with Crippen LogP contribution in [0.15, 0.2) is 57.2 Å². The number of aromatic hydroxyl groups is 2. The lowest BCUT2D eigenvalue weighted by Gasteiger charge is -2.04. The molecule has 25 heavy (non-hydrogen) atoms. The highest BCUT2D eigenvalue weighted by Crippen LogP contribution is 2.24. The summed E-state index contributed by atoms with van der Waals surface area (Å²) < 4.78 is 2.66. The third kappa shape index (κ3) is 4.40. The van der Waals surface area contributed by atoms with Gasteiger partial charge in [-0.05, 0) is 36.8 Å². The molecule has 0 aliphatic rings. The first-order chi connectivity index (χ1) is 12.0. The van der Waals surface area contributed by atoms with Crippen molar-refractivity contribution in [3.63, 3.8) is 0 Å². The second-order valence-corrected chi connectivity index (χ2v) is 7.10. The molecule has 0 saturated carbocycles. The molecule has 6 nitrogen and oxygen atoms in total. The fourth-order valence-corrected chi connectivity index (χ4v) is 3.20. The van der Waals surface area contributed by atoms with Crippen LogP contribution in [0.3, 0.4) is 0 Å². The fourth-order valence-electron chi connectivity index (χ4n) is 2.05. The molecule has 0 aliphatic heterocycles. The number of halogens is 1. The first-order valence-corrected chi connectivity index (χ1v) is 9.16. The van der Waals surface area contributed by atoms with Gasteiger partial charge in [0.1, 0.15) is 11.5 Å². The number of hydrogen-bond donors (Lipinski definition) is 2. The second kappa shape index (κ2) is 7.71. The van der Waals surface area contributed by atoms with Gasteiger partial charge in [0.25, 0.3) is 0 Å². The number of benzene rings is 2. The van der Waals surface area contributed by atoms with Crippen molar-refractivity contribution in [1.82, 2.24) is 14.9 Å². The normalized spacial score (nSPS) is 11.3. The standard InChI is InChI=1S/C17H15BrN4O2S/c1-11-20-21-17(25-10-12-2-5-14(18)6-3-12)22(11)19-9-13-4-7-15(23)8-16(13)24/h2-9,23-24H,10H2,1H3/b19-9+. The van der Waals surface area contributed by atoms with Crippen molar-refractivity contribution in [2.75, 3.05) is 0 Å². The number of hydrogen-bond acceptors (Lipinski definition) is 6. The Morgan fingerprint density at radius 1 is 1.16 bits per heavy atom. The van der Waals surface area contributed by atoms with Crippen LogP contribution in [-0.2, 0) is 5.75 Å². The van der Waals surface area contributed by atoms with Crippen LogP contribution in [0.2, 0.25) is 0 Å². The van der Waals surface area contributed by atoms with Gasteiger partial charge in [-0.3, -0.25) is 0 Å². The first-order valence-electron chi connectivity index (χ1n) is 7.38. The molecule has 8 heteroatoms. The number of phenolic OH excluding ortho intramolecular Hbond substituents is 2. The summed E-state index contributed by atoms with van der Waals surface area (Å²) in [6.45, 7) is 1.81. The molecule has 3 aromatic rings. The highest BCUT2D eigenvalue weighted by atomic mass is 79.9. The van der Waals surface area contributed by atoms with E-state index in [1.165, 1.54) is 35.7 Å². The lowest BCUT2D eigenvalue weighted by molar-refractivity contribution is 0.450. The number of rotatable bonds is 5. The second-order valence-electron chi connectivity index (χ2n) is 5.24. The molecule has 1 aromatic heterocycles. The quantitative estimate of drug-likeness (QED) is 0.484. The number of aryl methyl sites for hydroxylation is 1. The number of nitrogens with zero attached hydrogens (tertiary/aromatic N) is 4. The fraction of sp³-hybridized carbons (Fsp3) is 0.118. The summed E-state index contributed by atoms with van der Waals surface area (Å²) >= 11 is 4.95. The predicted molar refractivity (Wildman–Crippen MR) is 101 cm³/mol. The van der Waals surface area contributed by atoms with E-state index in [1.807, 2.05) is 31.2 Å². The number of phenols is 2. The van der Waals surface area contributed by atoms with E-state index in [-0.39, 0.29) is 11.5 Å². The minimum absolute atomic E-state index is 0.000806. The van der Waals surface area contributed by atoms with E-state index in [1.54, 1.807) is 10.7 Å². The molecule has 0 saturated heterocycles. The molecule has 2 N–H and O–H groups in total. The molecule has 0 unspecified atom stereocenters. The maximum Gasteiger partial charge on any atom is 0.212 e. The van der Waals surface area contributed by atoms with E-state index in [0.717, 1.165) is 10.2 Å². The molecular formula is C17H15BrN4O2S. The van der Waals surface area contributed by atoms with Gasteiger partial charge in [-0.25, -0.2) is 0 Å². The summed E-state index contributed by atoms with van der Waals surface area (Å²) in [6, 6.07) is 12.4. The van der Waals surface area contributed by atoms with Crippen molar-refractivity contribution in [1.29, 1.82) is 0 Å². The molecular weight excluding hydrogens is 404 g/mol. The van der Waals surface area contributed by atoms with Crippen LogP contribution in [-0.4, -0.2) is 31.3 Å². The monoisotopic (exact) mass is 418 g/mol. The molecule has 1 heterocycles. The van der Waals surface area contributed by atoms with E-state index >= 15 is 0 Å². The molecule has 0 spiro atoms. The Morgan fingerprint density at radius 3 is 2.64 bits per heavy atom. The summed E-state index contributed by atoms with van der Waals surface area (Å²) in [4.78, 5) is 0.